The van der Waals surface area contributed by atoms with Crippen molar-refractivity contribution in [1.29, 1.82) is 0 Å². The van der Waals surface area contributed by atoms with Gasteiger partial charge in [0.15, 0.2) is 9.84 Å². The first-order chi connectivity index (χ1) is 14.1. The van der Waals surface area contributed by atoms with E-state index in [0.29, 0.717) is 17.9 Å². The molecule has 0 spiro atoms. The predicted molar refractivity (Wildman–Crippen MR) is 108 cm³/mol. The predicted octanol–water partition coefficient (Wildman–Crippen LogP) is 5.34. The number of benzene rings is 2. The monoisotopic (exact) mass is 438 g/mol. The highest BCUT2D eigenvalue weighted by Crippen LogP contribution is 2.37. The number of halogens is 3. The molecule has 2 aromatic carbocycles. The smallest absolute Gasteiger partial charge is 0.433 e. The molecule has 0 aliphatic heterocycles. The lowest BCUT2D eigenvalue weighted by Gasteiger charge is -2.07. The van der Waals surface area contributed by atoms with Crippen LogP contribution in [0.25, 0.3) is 22.6 Å². The Kier molecular flexibility index (Phi) is 6.21. The summed E-state index contributed by atoms with van der Waals surface area (Å²) in [5.41, 5.74) is -0.646. The van der Waals surface area contributed by atoms with Crippen molar-refractivity contribution < 1.29 is 26.3 Å². The summed E-state index contributed by atoms with van der Waals surface area (Å²) in [5, 5.41) is 0. The minimum atomic E-state index is -4.65. The number of rotatable bonds is 7. The van der Waals surface area contributed by atoms with Crippen molar-refractivity contribution in [1.82, 2.24) is 9.97 Å². The second kappa shape index (κ2) is 8.51. The van der Waals surface area contributed by atoms with Gasteiger partial charge in [-0.05, 0) is 42.8 Å². The van der Waals surface area contributed by atoms with Crippen LogP contribution < -0.4 is 4.74 Å². The van der Waals surface area contributed by atoms with Crippen molar-refractivity contribution >= 4 is 9.84 Å². The van der Waals surface area contributed by atoms with Crippen LogP contribution in [-0.4, -0.2) is 31.2 Å². The molecule has 9 heteroatoms. The number of ether oxygens (including phenoxy) is 1. The van der Waals surface area contributed by atoms with Crippen LogP contribution in [0.4, 0.5) is 13.2 Å². The maximum atomic E-state index is 13.6. The highest BCUT2D eigenvalue weighted by Gasteiger charge is 2.37. The van der Waals surface area contributed by atoms with Crippen LogP contribution in [-0.2, 0) is 16.0 Å². The van der Waals surface area contributed by atoms with Crippen molar-refractivity contribution in [3.8, 4) is 28.4 Å². The lowest BCUT2D eigenvalue weighted by Crippen LogP contribution is -2.07. The van der Waals surface area contributed by atoms with Gasteiger partial charge in [-0.15, -0.1) is 0 Å². The van der Waals surface area contributed by atoms with Gasteiger partial charge >= 0.3 is 6.18 Å². The van der Waals surface area contributed by atoms with Gasteiger partial charge in [-0.25, -0.2) is 13.4 Å². The molecule has 5 nitrogen and oxygen atoms in total. The standard InChI is InChI=1S/C21H21F3N2O3S/c1-3-4-13-29-16-9-5-15(6-10-16)20-25-18(19(26-20)21(22,23)24)14-7-11-17(12-8-14)30(2,27)28/h5-12H,3-4,13H2,1-2H3,(H,25,26). The summed E-state index contributed by atoms with van der Waals surface area (Å²) < 4.78 is 69.5. The Hall–Kier alpha value is -2.81. The zero-order valence-electron chi connectivity index (χ0n) is 16.5. The molecule has 160 valence electrons. The van der Waals surface area contributed by atoms with Crippen molar-refractivity contribution in [2.45, 2.75) is 30.8 Å². The Morgan fingerprint density at radius 1 is 1.00 bits per heavy atom. The fourth-order valence-electron chi connectivity index (χ4n) is 2.83. The quantitative estimate of drug-likeness (QED) is 0.505. The molecule has 1 aromatic heterocycles. The van der Waals surface area contributed by atoms with E-state index in [1.54, 1.807) is 24.3 Å². The Labute approximate surface area is 172 Å². The van der Waals surface area contributed by atoms with Gasteiger partial charge < -0.3 is 9.72 Å². The van der Waals surface area contributed by atoms with Crippen LogP contribution in [0.1, 0.15) is 25.5 Å². The van der Waals surface area contributed by atoms with E-state index < -0.39 is 21.7 Å². The third kappa shape index (κ3) is 5.02. The molecule has 0 fully saturated rings. The Balaban J connectivity index is 1.96. The molecular formula is C21H21F3N2O3S. The van der Waals surface area contributed by atoms with Gasteiger partial charge in [0.05, 0.1) is 11.5 Å². The molecule has 0 amide bonds. The van der Waals surface area contributed by atoms with Gasteiger partial charge in [0, 0.05) is 17.4 Å². The topological polar surface area (TPSA) is 72.0 Å². The molecular weight excluding hydrogens is 417 g/mol. The summed E-state index contributed by atoms with van der Waals surface area (Å²) >= 11 is 0. The van der Waals surface area contributed by atoms with Crippen molar-refractivity contribution in [2.24, 2.45) is 0 Å². The summed E-state index contributed by atoms with van der Waals surface area (Å²) in [4.78, 5) is 6.53. The number of aromatic amines is 1. The Morgan fingerprint density at radius 2 is 1.60 bits per heavy atom. The van der Waals surface area contributed by atoms with Crippen molar-refractivity contribution in [2.75, 3.05) is 12.9 Å². The SMILES string of the molecule is CCCCOc1ccc(-c2nc(-c3ccc(S(C)(=O)=O)cc3)c(C(F)(F)F)[nH]2)cc1. The van der Waals surface area contributed by atoms with Crippen LogP contribution in [0, 0.1) is 0 Å². The summed E-state index contributed by atoms with van der Waals surface area (Å²) in [7, 11) is -3.45. The maximum absolute atomic E-state index is 13.6. The number of imidazole rings is 1. The second-order valence-corrected chi connectivity index (χ2v) is 8.85. The first kappa shape index (κ1) is 21.9. The number of alkyl halides is 3. The van der Waals surface area contributed by atoms with E-state index in [9.17, 15) is 21.6 Å². The van der Waals surface area contributed by atoms with E-state index in [1.807, 2.05) is 6.92 Å². The van der Waals surface area contributed by atoms with Gasteiger partial charge in [-0.1, -0.05) is 25.5 Å². The van der Waals surface area contributed by atoms with Gasteiger partial charge in [-0.2, -0.15) is 13.2 Å². The number of sulfone groups is 1. The Morgan fingerprint density at radius 3 is 2.13 bits per heavy atom. The Bertz CT molecular complexity index is 1100. The van der Waals surface area contributed by atoms with Crippen LogP contribution in [0.2, 0.25) is 0 Å². The van der Waals surface area contributed by atoms with E-state index in [-0.39, 0.29) is 22.0 Å². The van der Waals surface area contributed by atoms with E-state index in [2.05, 4.69) is 9.97 Å². The molecule has 3 aromatic rings. The van der Waals surface area contributed by atoms with Crippen LogP contribution in [0.5, 0.6) is 5.75 Å². The summed E-state index contributed by atoms with van der Waals surface area (Å²) in [5.74, 6) is 0.691. The van der Waals surface area contributed by atoms with E-state index in [4.69, 9.17) is 4.74 Å². The first-order valence-electron chi connectivity index (χ1n) is 9.30. The second-order valence-electron chi connectivity index (χ2n) is 6.83. The average Bonchev–Trinajstić information content (AvgIpc) is 3.14. The van der Waals surface area contributed by atoms with E-state index >= 15 is 0 Å². The largest absolute Gasteiger partial charge is 0.494 e. The van der Waals surface area contributed by atoms with Crippen LogP contribution in [0.15, 0.2) is 53.4 Å². The molecule has 0 saturated heterocycles. The minimum absolute atomic E-state index is 0.0224. The fourth-order valence-corrected chi connectivity index (χ4v) is 3.46. The van der Waals surface area contributed by atoms with Gasteiger partial charge in [0.1, 0.15) is 23.0 Å². The van der Waals surface area contributed by atoms with Crippen LogP contribution in [0.3, 0.4) is 0 Å². The van der Waals surface area contributed by atoms with Crippen molar-refractivity contribution in [3.05, 3.63) is 54.2 Å². The molecule has 0 aliphatic carbocycles. The number of H-pyrrole nitrogens is 1. The molecule has 30 heavy (non-hydrogen) atoms. The summed E-state index contributed by atoms with van der Waals surface area (Å²) in [6.07, 6.45) is -1.71. The minimum Gasteiger partial charge on any atom is -0.494 e. The van der Waals surface area contributed by atoms with Crippen LogP contribution >= 0.6 is 0 Å². The number of hydrogen-bond acceptors (Lipinski definition) is 4. The average molecular weight is 438 g/mol. The van der Waals surface area contributed by atoms with Gasteiger partial charge in [-0.3, -0.25) is 0 Å². The number of unbranched alkanes of at least 4 members (excludes halogenated alkanes) is 1. The van der Waals surface area contributed by atoms with Gasteiger partial charge in [0.2, 0.25) is 0 Å². The van der Waals surface area contributed by atoms with Crippen molar-refractivity contribution in [3.63, 3.8) is 0 Å². The third-order valence-electron chi connectivity index (χ3n) is 4.44. The normalized spacial score (nSPS) is 12.2. The molecule has 1 heterocycles. The molecule has 1 N–H and O–H groups in total. The first-order valence-corrected chi connectivity index (χ1v) is 11.2. The number of nitrogens with zero attached hydrogens (tertiary/aromatic N) is 1. The van der Waals surface area contributed by atoms with E-state index in [1.165, 1.54) is 24.3 Å². The fraction of sp³-hybridized carbons (Fsp3) is 0.286. The molecule has 0 unspecified atom stereocenters. The molecule has 0 bridgehead atoms. The zero-order valence-corrected chi connectivity index (χ0v) is 17.3. The zero-order chi connectivity index (χ0) is 21.9. The summed E-state index contributed by atoms with van der Waals surface area (Å²) in [6.45, 7) is 2.62. The molecule has 0 saturated carbocycles. The third-order valence-corrected chi connectivity index (χ3v) is 5.57. The highest BCUT2D eigenvalue weighted by molar-refractivity contribution is 7.90. The molecule has 0 atom stereocenters. The van der Waals surface area contributed by atoms with E-state index in [0.717, 1.165) is 19.1 Å². The number of aromatic nitrogens is 2. The maximum Gasteiger partial charge on any atom is 0.433 e. The number of nitrogens with one attached hydrogen (secondary N) is 1. The van der Waals surface area contributed by atoms with Gasteiger partial charge in [0.25, 0.3) is 0 Å². The molecule has 0 aliphatic rings. The lowest BCUT2D eigenvalue weighted by atomic mass is 10.1. The summed E-state index contributed by atoms with van der Waals surface area (Å²) in [6, 6.07) is 11.8. The molecule has 3 rings (SSSR count). The molecule has 0 radical (unpaired) electrons. The highest BCUT2D eigenvalue weighted by atomic mass is 32.2. The lowest BCUT2D eigenvalue weighted by molar-refractivity contribution is -0.140. The number of hydrogen-bond donors (Lipinski definition) is 1.